The fourth-order valence-corrected chi connectivity index (χ4v) is 2.31. The third-order valence-corrected chi connectivity index (χ3v) is 3.25. The van der Waals surface area contributed by atoms with E-state index in [9.17, 15) is 0 Å². The van der Waals surface area contributed by atoms with Gasteiger partial charge in [-0.3, -0.25) is 0 Å². The van der Waals surface area contributed by atoms with E-state index in [1.165, 1.54) is 11.1 Å². The molecule has 1 heteroatoms. The van der Waals surface area contributed by atoms with E-state index in [1.807, 2.05) is 0 Å². The second-order valence-electron chi connectivity index (χ2n) is 4.99. The molecule has 0 aliphatic rings. The Morgan fingerprint density at radius 1 is 0.889 bits per heavy atom. The molecular weight excluding hydrogens is 218 g/mol. The zero-order chi connectivity index (χ0) is 12.8. The highest BCUT2D eigenvalue weighted by atomic mass is 15.1. The lowest BCUT2D eigenvalue weighted by molar-refractivity contribution is 0.309. The van der Waals surface area contributed by atoms with E-state index in [0.29, 0.717) is 5.92 Å². The zero-order valence-electron chi connectivity index (χ0n) is 11.2. The van der Waals surface area contributed by atoms with E-state index in [0.717, 1.165) is 13.1 Å². The molecule has 0 N–H and O–H groups in total. The molecule has 1 nitrogen and oxygen atoms in total. The smallest absolute Gasteiger partial charge is 0.0230 e. The van der Waals surface area contributed by atoms with Crippen LogP contribution in [-0.2, 0) is 6.54 Å². The van der Waals surface area contributed by atoms with Crippen LogP contribution in [-0.4, -0.2) is 18.5 Å². The molecule has 0 aromatic heterocycles. The number of nitrogens with zero attached hydrogens (tertiary/aromatic N) is 1. The summed E-state index contributed by atoms with van der Waals surface area (Å²) in [5, 5.41) is 0. The Kier molecular flexibility index (Phi) is 4.54. The first-order valence-electron chi connectivity index (χ1n) is 6.53. The Bertz CT molecular complexity index is 450. The van der Waals surface area contributed by atoms with Crippen molar-refractivity contribution >= 4 is 0 Å². The molecule has 0 bridgehead atoms. The lowest BCUT2D eigenvalue weighted by atomic mass is 10.0. The zero-order valence-corrected chi connectivity index (χ0v) is 11.2. The SMILES string of the molecule is CC(CN(C)Cc1ccccc1)c1ccccc1. The maximum absolute atomic E-state index is 2.38. The molecule has 94 valence electrons. The molecule has 0 radical (unpaired) electrons. The molecule has 0 fully saturated rings. The van der Waals surface area contributed by atoms with Crippen molar-refractivity contribution in [1.29, 1.82) is 0 Å². The van der Waals surface area contributed by atoms with Crippen LogP contribution in [0, 0.1) is 0 Å². The molecule has 1 unspecified atom stereocenters. The van der Waals surface area contributed by atoms with Crippen LogP contribution in [0.25, 0.3) is 0 Å². The molecule has 0 saturated carbocycles. The Balaban J connectivity index is 1.90. The van der Waals surface area contributed by atoms with Crippen molar-refractivity contribution in [1.82, 2.24) is 4.90 Å². The van der Waals surface area contributed by atoms with Gasteiger partial charge in [0.1, 0.15) is 0 Å². The third-order valence-electron chi connectivity index (χ3n) is 3.25. The van der Waals surface area contributed by atoms with Gasteiger partial charge in [0.15, 0.2) is 0 Å². The summed E-state index contributed by atoms with van der Waals surface area (Å²) >= 11 is 0. The van der Waals surface area contributed by atoms with Crippen molar-refractivity contribution in [2.75, 3.05) is 13.6 Å². The summed E-state index contributed by atoms with van der Waals surface area (Å²) in [6, 6.07) is 21.4. The number of hydrogen-bond donors (Lipinski definition) is 0. The highest BCUT2D eigenvalue weighted by Gasteiger charge is 2.08. The average molecular weight is 239 g/mol. The Morgan fingerprint density at radius 2 is 1.44 bits per heavy atom. The van der Waals surface area contributed by atoms with Crippen LogP contribution in [0.4, 0.5) is 0 Å². The Hall–Kier alpha value is -1.60. The van der Waals surface area contributed by atoms with Gasteiger partial charge in [-0.1, -0.05) is 67.6 Å². The monoisotopic (exact) mass is 239 g/mol. The normalized spacial score (nSPS) is 12.6. The van der Waals surface area contributed by atoms with Crippen LogP contribution < -0.4 is 0 Å². The molecule has 0 saturated heterocycles. The Labute approximate surface area is 110 Å². The van der Waals surface area contributed by atoms with Gasteiger partial charge in [0.2, 0.25) is 0 Å². The van der Waals surface area contributed by atoms with E-state index >= 15 is 0 Å². The number of benzene rings is 2. The number of likely N-dealkylation sites (N-methyl/N-ethyl adjacent to an activating group) is 1. The van der Waals surface area contributed by atoms with Gasteiger partial charge < -0.3 is 4.90 Å². The highest BCUT2D eigenvalue weighted by molar-refractivity contribution is 5.19. The first-order chi connectivity index (χ1) is 8.75. The van der Waals surface area contributed by atoms with Crippen LogP contribution in [0.5, 0.6) is 0 Å². The van der Waals surface area contributed by atoms with Gasteiger partial charge in [0, 0.05) is 13.1 Å². The minimum Gasteiger partial charge on any atom is -0.302 e. The first kappa shape index (κ1) is 12.8. The van der Waals surface area contributed by atoms with Gasteiger partial charge in [-0.15, -0.1) is 0 Å². The van der Waals surface area contributed by atoms with E-state index < -0.39 is 0 Å². The highest BCUT2D eigenvalue weighted by Crippen LogP contribution is 2.16. The van der Waals surface area contributed by atoms with Crippen molar-refractivity contribution < 1.29 is 0 Å². The molecule has 0 heterocycles. The van der Waals surface area contributed by atoms with E-state index in [-0.39, 0.29) is 0 Å². The van der Waals surface area contributed by atoms with Gasteiger partial charge in [0.25, 0.3) is 0 Å². The minimum absolute atomic E-state index is 0.569. The maximum atomic E-state index is 2.38. The summed E-state index contributed by atoms with van der Waals surface area (Å²) < 4.78 is 0. The fraction of sp³-hybridized carbons (Fsp3) is 0.294. The number of rotatable bonds is 5. The van der Waals surface area contributed by atoms with Crippen LogP contribution >= 0.6 is 0 Å². The third kappa shape index (κ3) is 3.71. The molecule has 2 aromatic rings. The van der Waals surface area contributed by atoms with Gasteiger partial charge in [-0.25, -0.2) is 0 Å². The van der Waals surface area contributed by atoms with Crippen molar-refractivity contribution in [2.45, 2.75) is 19.4 Å². The van der Waals surface area contributed by atoms with Gasteiger partial charge in [-0.05, 0) is 24.1 Å². The van der Waals surface area contributed by atoms with Crippen molar-refractivity contribution in [3.8, 4) is 0 Å². The molecule has 1 atom stereocenters. The van der Waals surface area contributed by atoms with Crippen molar-refractivity contribution in [3.63, 3.8) is 0 Å². The lowest BCUT2D eigenvalue weighted by Crippen LogP contribution is -2.23. The summed E-state index contributed by atoms with van der Waals surface area (Å²) in [6.07, 6.45) is 0. The summed E-state index contributed by atoms with van der Waals surface area (Å²) in [7, 11) is 2.19. The Morgan fingerprint density at radius 3 is 2.06 bits per heavy atom. The minimum atomic E-state index is 0.569. The standard InChI is InChI=1S/C17H21N/c1-15(17-11-7-4-8-12-17)13-18(2)14-16-9-5-3-6-10-16/h3-12,15H,13-14H2,1-2H3. The predicted molar refractivity (Wildman–Crippen MR) is 77.6 cm³/mol. The predicted octanol–water partition coefficient (Wildman–Crippen LogP) is 3.92. The van der Waals surface area contributed by atoms with Gasteiger partial charge in [0.05, 0.1) is 0 Å². The summed E-state index contributed by atoms with van der Waals surface area (Å²) in [5.41, 5.74) is 2.79. The van der Waals surface area contributed by atoms with E-state index in [1.54, 1.807) is 0 Å². The van der Waals surface area contributed by atoms with Crippen LogP contribution in [0.15, 0.2) is 60.7 Å². The lowest BCUT2D eigenvalue weighted by Gasteiger charge is -2.21. The van der Waals surface area contributed by atoms with Crippen LogP contribution in [0.2, 0.25) is 0 Å². The summed E-state index contributed by atoms with van der Waals surface area (Å²) in [5.74, 6) is 0.569. The topological polar surface area (TPSA) is 3.24 Å². The van der Waals surface area contributed by atoms with Crippen LogP contribution in [0.1, 0.15) is 24.0 Å². The summed E-state index contributed by atoms with van der Waals surface area (Å²) in [4.78, 5) is 2.38. The van der Waals surface area contributed by atoms with Crippen molar-refractivity contribution in [2.24, 2.45) is 0 Å². The van der Waals surface area contributed by atoms with Gasteiger partial charge >= 0.3 is 0 Å². The second-order valence-corrected chi connectivity index (χ2v) is 4.99. The molecule has 2 rings (SSSR count). The molecule has 0 spiro atoms. The maximum Gasteiger partial charge on any atom is 0.0230 e. The van der Waals surface area contributed by atoms with Crippen molar-refractivity contribution in [3.05, 3.63) is 71.8 Å². The molecule has 0 aliphatic heterocycles. The van der Waals surface area contributed by atoms with Gasteiger partial charge in [-0.2, -0.15) is 0 Å². The second kappa shape index (κ2) is 6.36. The summed E-state index contributed by atoms with van der Waals surface area (Å²) in [6.45, 7) is 4.38. The molecule has 0 aliphatic carbocycles. The molecule has 2 aromatic carbocycles. The van der Waals surface area contributed by atoms with Crippen LogP contribution in [0.3, 0.4) is 0 Å². The largest absolute Gasteiger partial charge is 0.302 e. The quantitative estimate of drug-likeness (QED) is 0.764. The molecular formula is C17H21N. The molecule has 18 heavy (non-hydrogen) atoms. The van der Waals surface area contributed by atoms with E-state index in [2.05, 4.69) is 79.5 Å². The molecule has 0 amide bonds. The number of hydrogen-bond acceptors (Lipinski definition) is 1. The average Bonchev–Trinajstić information content (AvgIpc) is 2.40. The first-order valence-corrected chi connectivity index (χ1v) is 6.53. The van der Waals surface area contributed by atoms with E-state index in [4.69, 9.17) is 0 Å². The fourth-order valence-electron chi connectivity index (χ4n) is 2.31.